The number of hydrogen-bond donors (Lipinski definition) is 0. The van der Waals surface area contributed by atoms with E-state index in [0.717, 1.165) is 23.7 Å². The summed E-state index contributed by atoms with van der Waals surface area (Å²) in [6.07, 6.45) is 13.9. The van der Waals surface area contributed by atoms with Crippen molar-refractivity contribution in [1.29, 1.82) is 0 Å². The van der Waals surface area contributed by atoms with Gasteiger partial charge in [-0.1, -0.05) is 88.4 Å². The van der Waals surface area contributed by atoms with Crippen LogP contribution in [-0.2, 0) is 12.8 Å². The van der Waals surface area contributed by atoms with E-state index in [1.165, 1.54) is 85.1 Å². The van der Waals surface area contributed by atoms with E-state index in [1.54, 1.807) is 0 Å². The Hall–Kier alpha value is -1.21. The Kier molecular flexibility index (Phi) is 7.40. The van der Waals surface area contributed by atoms with Gasteiger partial charge in [0.05, 0.1) is 0 Å². The zero-order chi connectivity index (χ0) is 20.1. The van der Waals surface area contributed by atoms with Crippen LogP contribution in [0, 0.1) is 23.7 Å². The molecule has 0 bridgehead atoms. The quantitative estimate of drug-likeness (QED) is 0.463. The van der Waals surface area contributed by atoms with Crippen LogP contribution in [0.3, 0.4) is 0 Å². The lowest BCUT2D eigenvalue weighted by Gasteiger charge is -2.29. The number of benzene rings is 2. The first kappa shape index (κ1) is 21.0. The van der Waals surface area contributed by atoms with Crippen LogP contribution in [0.25, 0.3) is 0 Å². The van der Waals surface area contributed by atoms with Gasteiger partial charge in [-0.05, 0) is 84.7 Å². The average Bonchev–Trinajstić information content (AvgIpc) is 2.72. The minimum atomic E-state index is 0.879. The fourth-order valence-corrected chi connectivity index (χ4v) is 6.59. The smallest absolute Gasteiger partial charge is 0.0125 e. The Morgan fingerprint density at radius 1 is 0.655 bits per heavy atom. The second kappa shape index (κ2) is 10.2. The van der Waals surface area contributed by atoms with E-state index < -0.39 is 0 Å². The molecule has 0 nitrogen and oxygen atoms in total. The van der Waals surface area contributed by atoms with Gasteiger partial charge in [0.25, 0.3) is 0 Å². The highest BCUT2D eigenvalue weighted by Gasteiger charge is 2.22. The van der Waals surface area contributed by atoms with Crippen molar-refractivity contribution in [2.24, 2.45) is 23.7 Å². The maximum Gasteiger partial charge on any atom is 0.0125 e. The summed E-state index contributed by atoms with van der Waals surface area (Å²) in [6, 6.07) is 18.7. The lowest BCUT2D eigenvalue weighted by atomic mass is 9.77. The fourth-order valence-electron chi connectivity index (χ4n) is 5.61. The van der Waals surface area contributed by atoms with Crippen LogP contribution >= 0.6 is 11.8 Å². The Morgan fingerprint density at radius 3 is 1.55 bits per heavy atom. The van der Waals surface area contributed by atoms with Crippen molar-refractivity contribution in [2.75, 3.05) is 0 Å². The second-order valence-electron chi connectivity index (χ2n) is 9.85. The monoisotopic (exact) mass is 406 g/mol. The summed E-state index contributed by atoms with van der Waals surface area (Å²) in [6.45, 7) is 4.92. The minimum absolute atomic E-state index is 0.879. The summed E-state index contributed by atoms with van der Waals surface area (Å²) < 4.78 is 0. The molecule has 0 aliphatic heterocycles. The first-order valence-electron chi connectivity index (χ1n) is 12.0. The summed E-state index contributed by atoms with van der Waals surface area (Å²) in [5.41, 5.74) is 3.06. The van der Waals surface area contributed by atoms with Gasteiger partial charge in [-0.3, -0.25) is 0 Å². The molecule has 4 atom stereocenters. The summed E-state index contributed by atoms with van der Waals surface area (Å²) in [7, 11) is 0. The average molecular weight is 407 g/mol. The van der Waals surface area contributed by atoms with Gasteiger partial charge in [0.2, 0.25) is 0 Å². The van der Waals surface area contributed by atoms with E-state index in [4.69, 9.17) is 0 Å². The molecular weight excluding hydrogens is 368 g/mol. The standard InChI is InChI=1S/C28H38S/c1-21-9-3-5-13-25(21)17-23-11-7-15-27(19-23)29-28-16-8-12-24(20-28)18-26-14-6-4-10-22(26)2/h7-8,11-12,15-16,19-22,25-26H,3-6,9-10,13-14,17-18H2,1-2H3. The van der Waals surface area contributed by atoms with Crippen molar-refractivity contribution in [3.05, 3.63) is 59.7 Å². The Balaban J connectivity index is 1.40. The molecular formula is C28H38S. The third-order valence-corrected chi connectivity index (χ3v) is 8.59. The van der Waals surface area contributed by atoms with Gasteiger partial charge < -0.3 is 0 Å². The molecule has 2 aromatic carbocycles. The summed E-state index contributed by atoms with van der Waals surface area (Å²) in [5.74, 6) is 3.53. The van der Waals surface area contributed by atoms with Crippen molar-refractivity contribution >= 4 is 11.8 Å². The molecule has 4 unspecified atom stereocenters. The molecule has 0 heterocycles. The first-order chi connectivity index (χ1) is 14.2. The van der Waals surface area contributed by atoms with E-state index >= 15 is 0 Å². The van der Waals surface area contributed by atoms with Crippen molar-refractivity contribution in [3.63, 3.8) is 0 Å². The SMILES string of the molecule is CC1CCCCC1Cc1cccc(Sc2cccc(CC3CCCCC3C)c2)c1. The summed E-state index contributed by atoms with van der Waals surface area (Å²) >= 11 is 1.94. The van der Waals surface area contributed by atoms with Crippen LogP contribution < -0.4 is 0 Å². The third-order valence-electron chi connectivity index (χ3n) is 7.61. The summed E-state index contributed by atoms with van der Waals surface area (Å²) in [4.78, 5) is 2.79. The van der Waals surface area contributed by atoms with Gasteiger partial charge in [0.15, 0.2) is 0 Å². The molecule has 4 rings (SSSR count). The van der Waals surface area contributed by atoms with Gasteiger partial charge in [0.1, 0.15) is 0 Å². The molecule has 0 spiro atoms. The van der Waals surface area contributed by atoms with Gasteiger partial charge >= 0.3 is 0 Å². The van der Waals surface area contributed by atoms with E-state index in [0.29, 0.717) is 0 Å². The van der Waals surface area contributed by atoms with Crippen molar-refractivity contribution in [3.8, 4) is 0 Å². The minimum Gasteiger partial charge on any atom is -0.0901 e. The molecule has 2 aromatic rings. The van der Waals surface area contributed by atoms with E-state index in [1.807, 2.05) is 11.8 Å². The molecule has 0 amide bonds. The number of hydrogen-bond acceptors (Lipinski definition) is 1. The highest BCUT2D eigenvalue weighted by Crippen LogP contribution is 2.35. The molecule has 156 valence electrons. The van der Waals surface area contributed by atoms with Crippen LogP contribution in [-0.4, -0.2) is 0 Å². The molecule has 2 fully saturated rings. The van der Waals surface area contributed by atoms with Crippen LogP contribution in [0.5, 0.6) is 0 Å². The predicted octanol–water partition coefficient (Wildman–Crippen LogP) is 8.58. The van der Waals surface area contributed by atoms with E-state index in [-0.39, 0.29) is 0 Å². The zero-order valence-electron chi connectivity index (χ0n) is 18.4. The van der Waals surface area contributed by atoms with Crippen LogP contribution in [0.2, 0.25) is 0 Å². The normalized spacial score (nSPS) is 27.7. The largest absolute Gasteiger partial charge is 0.0901 e. The molecule has 2 aliphatic carbocycles. The van der Waals surface area contributed by atoms with Gasteiger partial charge in [-0.25, -0.2) is 0 Å². The van der Waals surface area contributed by atoms with Crippen LogP contribution in [0.4, 0.5) is 0 Å². The van der Waals surface area contributed by atoms with Crippen molar-refractivity contribution < 1.29 is 0 Å². The van der Waals surface area contributed by atoms with Crippen LogP contribution in [0.15, 0.2) is 58.3 Å². The molecule has 0 aromatic heterocycles. The van der Waals surface area contributed by atoms with Crippen molar-refractivity contribution in [1.82, 2.24) is 0 Å². The Labute approximate surface area is 182 Å². The highest BCUT2D eigenvalue weighted by molar-refractivity contribution is 7.99. The fraction of sp³-hybridized carbons (Fsp3) is 0.571. The lowest BCUT2D eigenvalue weighted by molar-refractivity contribution is 0.254. The highest BCUT2D eigenvalue weighted by atomic mass is 32.2. The second-order valence-corrected chi connectivity index (χ2v) is 11.0. The molecule has 0 radical (unpaired) electrons. The molecule has 0 saturated heterocycles. The van der Waals surface area contributed by atoms with Gasteiger partial charge in [-0.2, -0.15) is 0 Å². The van der Waals surface area contributed by atoms with Gasteiger partial charge in [-0.15, -0.1) is 0 Å². The molecule has 2 saturated carbocycles. The van der Waals surface area contributed by atoms with E-state index in [9.17, 15) is 0 Å². The first-order valence-corrected chi connectivity index (χ1v) is 12.8. The lowest BCUT2D eigenvalue weighted by Crippen LogP contribution is -2.18. The zero-order valence-corrected chi connectivity index (χ0v) is 19.2. The van der Waals surface area contributed by atoms with Crippen LogP contribution in [0.1, 0.15) is 76.3 Å². The maximum atomic E-state index is 2.46. The molecule has 2 aliphatic rings. The molecule has 29 heavy (non-hydrogen) atoms. The molecule has 1 heteroatoms. The summed E-state index contributed by atoms with van der Waals surface area (Å²) in [5, 5.41) is 0. The maximum absolute atomic E-state index is 2.46. The van der Waals surface area contributed by atoms with Gasteiger partial charge in [0, 0.05) is 9.79 Å². The third kappa shape index (κ3) is 5.91. The molecule has 0 N–H and O–H groups in total. The Bertz CT molecular complexity index is 714. The topological polar surface area (TPSA) is 0 Å². The predicted molar refractivity (Wildman–Crippen MR) is 127 cm³/mol. The number of rotatable bonds is 6. The van der Waals surface area contributed by atoms with Crippen molar-refractivity contribution in [2.45, 2.75) is 87.8 Å². The van der Waals surface area contributed by atoms with E-state index in [2.05, 4.69) is 62.4 Å². The Morgan fingerprint density at radius 2 is 1.10 bits per heavy atom.